The van der Waals surface area contributed by atoms with Crippen LogP contribution >= 0.6 is 0 Å². The molecule has 0 bridgehead atoms. The van der Waals surface area contributed by atoms with Crippen LogP contribution in [0.4, 0.5) is 9.18 Å². The quantitative estimate of drug-likeness (QED) is 0.527. The van der Waals surface area contributed by atoms with Crippen molar-refractivity contribution in [2.24, 2.45) is 0 Å². The zero-order chi connectivity index (χ0) is 19.5. The molecule has 148 valence electrons. The largest absolute Gasteiger partial charge is 0.444 e. The number of rotatable bonds is 5. The molecule has 0 radical (unpaired) electrons. The van der Waals surface area contributed by atoms with Gasteiger partial charge in [-0.2, -0.15) is 0 Å². The Labute approximate surface area is 153 Å². The molecule has 7 heteroatoms. The number of halogens is 1. The van der Waals surface area contributed by atoms with E-state index in [0.717, 1.165) is 0 Å². The van der Waals surface area contributed by atoms with Crippen molar-refractivity contribution in [3.8, 4) is 0 Å². The number of ether oxygens (including phenoxy) is 2. The molecule has 1 saturated heterocycles. The molecule has 1 aliphatic heterocycles. The van der Waals surface area contributed by atoms with Crippen molar-refractivity contribution in [3.05, 3.63) is 0 Å². The van der Waals surface area contributed by atoms with Gasteiger partial charge in [0.1, 0.15) is 11.8 Å². The number of hydrogen-bond acceptors (Lipinski definition) is 4. The average molecular weight is 378 g/mol. The van der Waals surface area contributed by atoms with Crippen molar-refractivity contribution in [1.29, 1.82) is 0 Å². The van der Waals surface area contributed by atoms with Crippen LogP contribution in [0.25, 0.3) is 0 Å². The molecular weight excluding hydrogens is 341 g/mol. The van der Waals surface area contributed by atoms with Crippen LogP contribution in [0.3, 0.4) is 0 Å². The number of piperidine rings is 1. The van der Waals surface area contributed by atoms with Crippen molar-refractivity contribution >= 4 is 14.4 Å². The van der Waals surface area contributed by atoms with Gasteiger partial charge in [-0.3, -0.25) is 0 Å². The normalized spacial score (nSPS) is 22.8. The molecule has 0 spiro atoms. The third-order valence-electron chi connectivity index (χ3n) is 4.82. The van der Waals surface area contributed by atoms with Gasteiger partial charge in [-0.1, -0.05) is 20.8 Å². The summed E-state index contributed by atoms with van der Waals surface area (Å²) >= 11 is 0. The molecule has 5 nitrogen and oxygen atoms in total. The monoisotopic (exact) mass is 377 g/mol. The molecule has 1 fully saturated rings. The van der Waals surface area contributed by atoms with E-state index in [9.17, 15) is 9.18 Å². The Bertz CT molecular complexity index is 445. The van der Waals surface area contributed by atoms with Crippen molar-refractivity contribution in [2.75, 3.05) is 26.3 Å². The molecule has 0 saturated carbocycles. The Morgan fingerprint density at radius 2 is 1.76 bits per heavy atom. The maximum atomic E-state index is 14.3. The van der Waals surface area contributed by atoms with Crippen LogP contribution in [0, 0.1) is 0 Å². The second kappa shape index (κ2) is 8.35. The van der Waals surface area contributed by atoms with Gasteiger partial charge in [0.25, 0.3) is 0 Å². The van der Waals surface area contributed by atoms with Gasteiger partial charge in [0.05, 0.1) is 25.9 Å². The van der Waals surface area contributed by atoms with Gasteiger partial charge >= 0.3 is 6.09 Å². The second-order valence-electron chi connectivity index (χ2n) is 9.25. The summed E-state index contributed by atoms with van der Waals surface area (Å²) in [5, 5.41) is 0.147. The van der Waals surface area contributed by atoms with E-state index in [-0.39, 0.29) is 11.6 Å². The summed E-state index contributed by atoms with van der Waals surface area (Å²) in [4.78, 5) is 13.4. The highest BCUT2D eigenvalue weighted by molar-refractivity contribution is 6.74. The third-order valence-corrected chi connectivity index (χ3v) is 9.36. The minimum absolute atomic E-state index is 0.0165. The first kappa shape index (κ1) is 22.4. The van der Waals surface area contributed by atoms with Gasteiger partial charge in [0.15, 0.2) is 8.32 Å². The third kappa shape index (κ3) is 7.23. The number of amides is 1. The standard InChI is InChI=1S/C18H36FNO4Si/c1-17(2,3)24-16(21)20-10-9-15(14(19)13-20)22-11-12-23-25(7,8)18(4,5)6/h14-15H,9-13H2,1-8H3/t14-,15?/m1/s1. The summed E-state index contributed by atoms with van der Waals surface area (Å²) < 4.78 is 31.3. The number of nitrogens with zero attached hydrogens (tertiary/aromatic N) is 1. The highest BCUT2D eigenvalue weighted by Gasteiger charge is 2.37. The Morgan fingerprint density at radius 3 is 2.24 bits per heavy atom. The fourth-order valence-electron chi connectivity index (χ4n) is 2.28. The number of carbonyl (C=O) groups excluding carboxylic acids is 1. The predicted molar refractivity (Wildman–Crippen MR) is 100 cm³/mol. The SMILES string of the molecule is CC(C)(C)OC(=O)N1CCC(OCCO[Si](C)(C)C(C)(C)C)[C@H](F)C1. The number of carbonyl (C=O) groups is 1. The molecular formula is C18H36FNO4Si. The summed E-state index contributed by atoms with van der Waals surface area (Å²) in [6.45, 7) is 17.7. The van der Waals surface area contributed by atoms with Crippen molar-refractivity contribution in [2.45, 2.75) is 84.0 Å². The van der Waals surface area contributed by atoms with E-state index in [1.807, 2.05) is 0 Å². The predicted octanol–water partition coefficient (Wildman–Crippen LogP) is 4.37. The Hall–Kier alpha value is -0.663. The summed E-state index contributed by atoms with van der Waals surface area (Å²) in [5.74, 6) is 0. The van der Waals surface area contributed by atoms with E-state index in [0.29, 0.717) is 26.2 Å². The highest BCUT2D eigenvalue weighted by Crippen LogP contribution is 2.36. The number of alkyl halides is 1. The van der Waals surface area contributed by atoms with E-state index in [2.05, 4.69) is 33.9 Å². The number of likely N-dealkylation sites (tertiary alicyclic amines) is 1. The fraction of sp³-hybridized carbons (Fsp3) is 0.944. The minimum Gasteiger partial charge on any atom is -0.444 e. The lowest BCUT2D eigenvalue weighted by Crippen LogP contribution is -2.49. The van der Waals surface area contributed by atoms with Gasteiger partial charge in [0, 0.05) is 6.54 Å². The molecule has 0 aromatic heterocycles. The lowest BCUT2D eigenvalue weighted by atomic mass is 10.1. The molecule has 0 N–H and O–H groups in total. The zero-order valence-corrected chi connectivity index (χ0v) is 18.1. The van der Waals surface area contributed by atoms with Gasteiger partial charge in [-0.15, -0.1) is 0 Å². The van der Waals surface area contributed by atoms with Crippen molar-refractivity contribution in [3.63, 3.8) is 0 Å². The van der Waals surface area contributed by atoms with Crippen LogP contribution < -0.4 is 0 Å². The van der Waals surface area contributed by atoms with Crippen molar-refractivity contribution in [1.82, 2.24) is 4.90 Å². The summed E-state index contributed by atoms with van der Waals surface area (Å²) in [6, 6.07) is 0. The van der Waals surface area contributed by atoms with E-state index in [1.54, 1.807) is 20.8 Å². The van der Waals surface area contributed by atoms with Gasteiger partial charge in [0.2, 0.25) is 0 Å². The molecule has 1 heterocycles. The lowest BCUT2D eigenvalue weighted by Gasteiger charge is -2.37. The second-order valence-corrected chi connectivity index (χ2v) is 14.1. The van der Waals surface area contributed by atoms with Crippen LogP contribution in [0.5, 0.6) is 0 Å². The highest BCUT2D eigenvalue weighted by atomic mass is 28.4. The molecule has 0 aliphatic carbocycles. The summed E-state index contributed by atoms with van der Waals surface area (Å²) in [6.07, 6.45) is -1.67. The van der Waals surface area contributed by atoms with Crippen LogP contribution in [-0.2, 0) is 13.9 Å². The Balaban J connectivity index is 2.36. The molecule has 1 aliphatic rings. The smallest absolute Gasteiger partial charge is 0.410 e. The Kier molecular flexibility index (Phi) is 7.48. The molecule has 25 heavy (non-hydrogen) atoms. The van der Waals surface area contributed by atoms with E-state index < -0.39 is 32.3 Å². The topological polar surface area (TPSA) is 48.0 Å². The maximum Gasteiger partial charge on any atom is 0.410 e. The zero-order valence-electron chi connectivity index (χ0n) is 17.1. The van der Waals surface area contributed by atoms with Crippen LogP contribution in [0.15, 0.2) is 0 Å². The molecule has 1 amide bonds. The molecule has 1 rings (SSSR count). The summed E-state index contributed by atoms with van der Waals surface area (Å²) in [5.41, 5.74) is -0.572. The van der Waals surface area contributed by atoms with Gasteiger partial charge in [-0.05, 0) is 45.3 Å². The first-order valence-electron chi connectivity index (χ1n) is 9.10. The van der Waals surface area contributed by atoms with Crippen LogP contribution in [-0.4, -0.2) is 63.5 Å². The van der Waals surface area contributed by atoms with Crippen LogP contribution in [0.1, 0.15) is 48.0 Å². The molecule has 1 unspecified atom stereocenters. The first-order valence-corrected chi connectivity index (χ1v) is 12.0. The first-order chi connectivity index (χ1) is 11.2. The van der Waals surface area contributed by atoms with Gasteiger partial charge in [-0.25, -0.2) is 9.18 Å². The van der Waals surface area contributed by atoms with Crippen LogP contribution in [0.2, 0.25) is 18.1 Å². The molecule has 2 atom stereocenters. The van der Waals surface area contributed by atoms with E-state index in [1.165, 1.54) is 4.90 Å². The fourth-order valence-corrected chi connectivity index (χ4v) is 3.30. The van der Waals surface area contributed by atoms with E-state index in [4.69, 9.17) is 13.9 Å². The lowest BCUT2D eigenvalue weighted by molar-refractivity contribution is -0.0579. The average Bonchev–Trinajstić information content (AvgIpc) is 2.41. The summed E-state index contributed by atoms with van der Waals surface area (Å²) in [7, 11) is -1.80. The van der Waals surface area contributed by atoms with E-state index >= 15 is 0 Å². The molecule has 0 aromatic rings. The van der Waals surface area contributed by atoms with Gasteiger partial charge < -0.3 is 18.8 Å². The van der Waals surface area contributed by atoms with Crippen molar-refractivity contribution < 1.29 is 23.1 Å². The Morgan fingerprint density at radius 1 is 1.16 bits per heavy atom. The molecule has 0 aromatic carbocycles. The number of hydrogen-bond donors (Lipinski definition) is 0. The maximum absolute atomic E-state index is 14.3. The minimum atomic E-state index is -1.80.